The van der Waals surface area contributed by atoms with Crippen molar-refractivity contribution >= 4 is 35.8 Å². The second-order valence-electron chi connectivity index (χ2n) is 9.12. The summed E-state index contributed by atoms with van der Waals surface area (Å²) >= 11 is 4.88. The van der Waals surface area contributed by atoms with Crippen molar-refractivity contribution in [1.82, 2.24) is 4.31 Å². The van der Waals surface area contributed by atoms with E-state index in [0.29, 0.717) is 5.56 Å². The van der Waals surface area contributed by atoms with Crippen LogP contribution >= 0.6 is 12.8 Å². The lowest BCUT2D eigenvalue weighted by molar-refractivity contribution is 0.0843. The maximum absolute atomic E-state index is 13.6. The number of benzene rings is 3. The molecule has 2 heterocycles. The maximum atomic E-state index is 13.6. The van der Waals surface area contributed by atoms with Gasteiger partial charge in [-0.15, -0.1) is 0 Å². The topological polar surface area (TPSA) is 48.1 Å². The minimum Gasteiger partial charge on any atom is -0.456 e. The fourth-order valence-electron chi connectivity index (χ4n) is 5.82. The summed E-state index contributed by atoms with van der Waals surface area (Å²) in [4.78, 5) is 18.2. The average Bonchev–Trinajstić information content (AvgIpc) is 3.12. The molecule has 7 heteroatoms. The fourth-order valence-corrected chi connectivity index (χ4v) is 6.24. The van der Waals surface area contributed by atoms with Crippen LogP contribution in [0.25, 0.3) is 0 Å². The lowest BCUT2D eigenvalue weighted by atomic mass is 9.74. The Morgan fingerprint density at radius 1 is 0.861 bits per heavy atom. The Morgan fingerprint density at radius 3 is 2.17 bits per heavy atom. The number of carbonyl (C=O) groups excluding carboxylic acids is 1. The van der Waals surface area contributed by atoms with Crippen LogP contribution in [0, 0.1) is 0 Å². The zero-order valence-electron chi connectivity index (χ0n) is 21.6. The van der Waals surface area contributed by atoms with Crippen molar-refractivity contribution in [2.75, 3.05) is 48.3 Å². The Bertz CT molecular complexity index is 1320. The van der Waals surface area contributed by atoms with Crippen molar-refractivity contribution in [3.63, 3.8) is 0 Å². The lowest BCUT2D eigenvalue weighted by Gasteiger charge is -2.43. The molecule has 36 heavy (non-hydrogen) atoms. The highest BCUT2D eigenvalue weighted by atomic mass is 32.1. The second-order valence-corrected chi connectivity index (χ2v) is 9.52. The predicted molar refractivity (Wildman–Crippen MR) is 151 cm³/mol. The third-order valence-electron chi connectivity index (χ3n) is 7.61. The van der Waals surface area contributed by atoms with Gasteiger partial charge in [0.05, 0.1) is 5.56 Å². The first-order chi connectivity index (χ1) is 17.5. The molecule has 0 aromatic heterocycles. The van der Waals surface area contributed by atoms with Gasteiger partial charge in [0, 0.05) is 79.1 Å². The maximum Gasteiger partial charge on any atom is 0.265 e. The van der Waals surface area contributed by atoms with Crippen molar-refractivity contribution in [2.24, 2.45) is 0 Å². The predicted octanol–water partition coefficient (Wildman–Crippen LogP) is 6.12. The Labute approximate surface area is 219 Å². The number of anilines is 3. The summed E-state index contributed by atoms with van der Waals surface area (Å²) in [6.07, 6.45) is 0. The summed E-state index contributed by atoms with van der Waals surface area (Å²) in [5.41, 5.74) is 5.54. The third-order valence-corrected chi connectivity index (χ3v) is 8.09. The molecule has 0 radical (unpaired) electrons. The molecule has 0 aliphatic carbocycles. The van der Waals surface area contributed by atoms with E-state index in [-0.39, 0.29) is 5.91 Å². The van der Waals surface area contributed by atoms with Crippen molar-refractivity contribution in [3.05, 3.63) is 76.9 Å². The van der Waals surface area contributed by atoms with Gasteiger partial charge in [-0.3, -0.25) is 9.10 Å². The molecule has 1 amide bonds. The monoisotopic (exact) mass is 502 g/mol. The van der Waals surface area contributed by atoms with Crippen molar-refractivity contribution < 1.29 is 9.53 Å². The lowest BCUT2D eigenvalue weighted by Crippen LogP contribution is -2.42. The first kappa shape index (κ1) is 24.4. The van der Waals surface area contributed by atoms with Crippen LogP contribution in [-0.2, 0) is 5.54 Å². The molecular weight excluding hydrogens is 468 g/mol. The molecule has 3 aromatic carbocycles. The first-order valence-corrected chi connectivity index (χ1v) is 13.2. The molecule has 0 saturated heterocycles. The SMILES string of the molecule is CCN(CC)c1ccc2c(c1)Oc1cc(N(CC)CC)cc(NC)c1C21c2ccccc2C(=O)N1S. The van der Waals surface area contributed by atoms with Gasteiger partial charge < -0.3 is 19.9 Å². The Morgan fingerprint density at radius 2 is 1.50 bits per heavy atom. The summed E-state index contributed by atoms with van der Waals surface area (Å²) in [7, 11) is 1.92. The van der Waals surface area contributed by atoms with Crippen LogP contribution in [0.5, 0.6) is 11.5 Å². The minimum absolute atomic E-state index is 0.115. The van der Waals surface area contributed by atoms with E-state index in [1.807, 2.05) is 31.3 Å². The van der Waals surface area contributed by atoms with E-state index in [1.165, 1.54) is 0 Å². The highest BCUT2D eigenvalue weighted by Crippen LogP contribution is 2.60. The van der Waals surface area contributed by atoms with Crippen LogP contribution in [0.1, 0.15) is 54.7 Å². The largest absolute Gasteiger partial charge is 0.456 e. The smallest absolute Gasteiger partial charge is 0.265 e. The molecule has 0 bridgehead atoms. The number of nitrogens with zero attached hydrogens (tertiary/aromatic N) is 3. The zero-order chi connectivity index (χ0) is 25.6. The van der Waals surface area contributed by atoms with Gasteiger partial charge in [0.1, 0.15) is 17.0 Å². The van der Waals surface area contributed by atoms with Crippen molar-refractivity contribution in [1.29, 1.82) is 0 Å². The van der Waals surface area contributed by atoms with E-state index in [2.05, 4.69) is 73.1 Å². The molecule has 5 rings (SSSR count). The van der Waals surface area contributed by atoms with Gasteiger partial charge in [0.25, 0.3) is 5.91 Å². The summed E-state index contributed by atoms with van der Waals surface area (Å²) in [5.74, 6) is 1.36. The van der Waals surface area contributed by atoms with Crippen LogP contribution < -0.4 is 19.9 Å². The molecule has 0 saturated carbocycles. The van der Waals surface area contributed by atoms with Gasteiger partial charge in [-0.05, 0) is 45.9 Å². The Balaban J connectivity index is 1.86. The summed E-state index contributed by atoms with van der Waals surface area (Å²) in [6, 6.07) is 18.4. The second kappa shape index (κ2) is 9.28. The summed E-state index contributed by atoms with van der Waals surface area (Å²) in [5, 5.41) is 3.41. The van der Waals surface area contributed by atoms with Gasteiger partial charge >= 0.3 is 0 Å². The van der Waals surface area contributed by atoms with Gasteiger partial charge in [-0.1, -0.05) is 37.1 Å². The first-order valence-electron chi connectivity index (χ1n) is 12.8. The van der Waals surface area contributed by atoms with E-state index in [1.54, 1.807) is 4.31 Å². The minimum atomic E-state index is -0.929. The number of rotatable bonds is 7. The molecule has 2 aliphatic heterocycles. The molecule has 3 aromatic rings. The molecule has 188 valence electrons. The highest BCUT2D eigenvalue weighted by molar-refractivity contribution is 7.78. The number of nitrogens with one attached hydrogen (secondary N) is 1. The van der Waals surface area contributed by atoms with E-state index in [0.717, 1.165) is 71.4 Å². The molecule has 0 fully saturated rings. The fraction of sp³-hybridized carbons (Fsp3) is 0.345. The summed E-state index contributed by atoms with van der Waals surface area (Å²) < 4.78 is 8.29. The molecule has 6 nitrogen and oxygen atoms in total. The number of thiol groups is 1. The van der Waals surface area contributed by atoms with Gasteiger partial charge in [-0.25, -0.2) is 0 Å². The van der Waals surface area contributed by atoms with Crippen molar-refractivity contribution in [3.8, 4) is 11.5 Å². The number of hydrogen-bond acceptors (Lipinski definition) is 6. The number of carbonyl (C=O) groups is 1. The van der Waals surface area contributed by atoms with Gasteiger partial charge in [0.2, 0.25) is 0 Å². The van der Waals surface area contributed by atoms with Crippen LogP contribution in [-0.4, -0.2) is 43.4 Å². The Kier molecular flexibility index (Phi) is 6.29. The van der Waals surface area contributed by atoms with E-state index in [4.69, 9.17) is 17.6 Å². The number of ether oxygens (including phenoxy) is 1. The quantitative estimate of drug-likeness (QED) is 0.381. The highest BCUT2D eigenvalue weighted by Gasteiger charge is 2.56. The molecule has 1 atom stereocenters. The zero-order valence-corrected chi connectivity index (χ0v) is 22.5. The van der Waals surface area contributed by atoms with E-state index < -0.39 is 5.54 Å². The summed E-state index contributed by atoms with van der Waals surface area (Å²) in [6.45, 7) is 12.2. The van der Waals surface area contributed by atoms with Gasteiger partial charge in [-0.2, -0.15) is 0 Å². The van der Waals surface area contributed by atoms with E-state index in [9.17, 15) is 4.79 Å². The van der Waals surface area contributed by atoms with Crippen LogP contribution in [0.15, 0.2) is 54.6 Å². The number of hydrogen-bond donors (Lipinski definition) is 2. The molecule has 1 N–H and O–H groups in total. The van der Waals surface area contributed by atoms with Crippen LogP contribution in [0.2, 0.25) is 0 Å². The van der Waals surface area contributed by atoms with Crippen LogP contribution in [0.4, 0.5) is 17.1 Å². The standard InChI is InChI=1S/C29H34N4O2S/c1-6-31(7-2)19-14-15-23-25(17-19)35-26-18-20(32(8-3)9-4)16-24(30-5)27(26)29(23)22-13-11-10-12-21(22)28(34)33(29)36/h10-18,30,36H,6-9H2,1-5H3. The van der Waals surface area contributed by atoms with Gasteiger partial charge in [0.15, 0.2) is 0 Å². The van der Waals surface area contributed by atoms with Crippen molar-refractivity contribution in [2.45, 2.75) is 33.2 Å². The molecular formula is C29H34N4O2S. The van der Waals surface area contributed by atoms with Crippen LogP contribution in [0.3, 0.4) is 0 Å². The molecule has 1 spiro atoms. The van der Waals surface area contributed by atoms with E-state index >= 15 is 0 Å². The number of amides is 1. The molecule has 1 unspecified atom stereocenters. The number of fused-ring (bicyclic) bond motifs is 6. The molecule has 2 aliphatic rings. The Hall–Kier alpha value is -3.32. The third kappa shape index (κ3) is 3.29. The normalized spacial score (nSPS) is 17.4. The average molecular weight is 503 g/mol.